The summed E-state index contributed by atoms with van der Waals surface area (Å²) in [5, 5.41) is 20.6. The monoisotopic (exact) mass is 364 g/mol. The van der Waals surface area contributed by atoms with Crippen LogP contribution >= 0.6 is 0 Å². The van der Waals surface area contributed by atoms with E-state index in [-0.39, 0.29) is 5.84 Å². The maximum absolute atomic E-state index is 13.1. The van der Waals surface area contributed by atoms with E-state index >= 15 is 0 Å². The van der Waals surface area contributed by atoms with Crippen LogP contribution in [-0.4, -0.2) is 24.6 Å². The van der Waals surface area contributed by atoms with Crippen LogP contribution in [0.2, 0.25) is 0 Å². The second-order valence-corrected chi connectivity index (χ2v) is 7.36. The number of nitriles is 2. The number of methoxy groups -OCH3 is 1. The van der Waals surface area contributed by atoms with Gasteiger partial charge >= 0.3 is 0 Å². The maximum Gasteiger partial charge on any atom is 0.270 e. The van der Waals surface area contributed by atoms with Crippen LogP contribution < -0.4 is 5.73 Å². The predicted octanol–water partition coefficient (Wildman–Crippen LogP) is 2.21. The molecule has 2 heterocycles. The minimum atomic E-state index is -1.74. The molecule has 2 fully saturated rings. The molecule has 138 valence electrons. The number of ether oxygens (including phenoxy) is 2. The van der Waals surface area contributed by atoms with Gasteiger partial charge in [-0.3, -0.25) is 4.79 Å². The number of amidine groups is 1. The molecule has 2 aliphatic heterocycles. The molecule has 4 rings (SSSR count). The number of nitrogens with two attached hydrogens (primary N) is 1. The van der Waals surface area contributed by atoms with E-state index in [1.807, 2.05) is 18.2 Å². The Hall–Kier alpha value is -2.74. The zero-order chi connectivity index (χ0) is 19.3. The molecular formula is C20H20N4O3. The molecule has 7 nitrogen and oxygen atoms in total. The van der Waals surface area contributed by atoms with E-state index in [0.29, 0.717) is 18.4 Å². The van der Waals surface area contributed by atoms with Crippen molar-refractivity contribution in [3.05, 3.63) is 35.9 Å². The molecule has 1 saturated carbocycles. The first kappa shape index (κ1) is 17.7. The molecule has 0 spiro atoms. The van der Waals surface area contributed by atoms with E-state index in [4.69, 9.17) is 15.2 Å². The topological polar surface area (TPSA) is 121 Å². The molecule has 3 aliphatic rings. The van der Waals surface area contributed by atoms with Gasteiger partial charge in [0.05, 0.1) is 12.1 Å². The van der Waals surface area contributed by atoms with E-state index in [2.05, 4.69) is 17.1 Å². The van der Waals surface area contributed by atoms with Gasteiger partial charge < -0.3 is 15.2 Å². The molecule has 1 amide bonds. The van der Waals surface area contributed by atoms with Gasteiger partial charge in [-0.1, -0.05) is 36.8 Å². The number of fused-ring (bicyclic) bond motifs is 3. The van der Waals surface area contributed by atoms with Crippen molar-refractivity contribution < 1.29 is 14.3 Å². The van der Waals surface area contributed by atoms with Crippen LogP contribution in [0, 0.1) is 39.4 Å². The summed E-state index contributed by atoms with van der Waals surface area (Å²) in [5.74, 6) is -2.57. The summed E-state index contributed by atoms with van der Waals surface area (Å²) in [6.07, 6.45) is 1.79. The second-order valence-electron chi connectivity index (χ2n) is 7.36. The first-order chi connectivity index (χ1) is 13.0. The highest BCUT2D eigenvalue weighted by molar-refractivity contribution is 6.12. The molecular weight excluding hydrogens is 344 g/mol. The fourth-order valence-electron chi connectivity index (χ4n) is 5.17. The van der Waals surface area contributed by atoms with E-state index in [1.54, 1.807) is 12.1 Å². The van der Waals surface area contributed by atoms with Gasteiger partial charge in [-0.05, 0) is 18.4 Å². The van der Waals surface area contributed by atoms with Crippen molar-refractivity contribution in [2.45, 2.75) is 37.6 Å². The molecule has 0 unspecified atom stereocenters. The number of benzene rings is 1. The molecule has 0 radical (unpaired) electrons. The highest BCUT2D eigenvalue weighted by atomic mass is 16.7. The van der Waals surface area contributed by atoms with Gasteiger partial charge in [0.1, 0.15) is 11.9 Å². The zero-order valence-electron chi connectivity index (χ0n) is 15.0. The van der Waals surface area contributed by atoms with Crippen LogP contribution in [0.15, 0.2) is 35.3 Å². The lowest BCUT2D eigenvalue weighted by molar-refractivity contribution is -0.346. The molecule has 1 saturated heterocycles. The SMILES string of the molecule is CO[C@@]12CCCC[C@H]1[C@@]1(C#N)C(=O)N=C(N)[C@@]1(C#N)[C@H](c1ccccc1)O2. The molecule has 27 heavy (non-hydrogen) atoms. The molecule has 2 N–H and O–H groups in total. The number of nitrogens with zero attached hydrogens (tertiary/aromatic N) is 3. The third-order valence-electron chi connectivity index (χ3n) is 6.42. The lowest BCUT2D eigenvalue weighted by atomic mass is 9.50. The Balaban J connectivity index is 2.04. The molecule has 0 bridgehead atoms. The van der Waals surface area contributed by atoms with Crippen LogP contribution in [-0.2, 0) is 14.3 Å². The van der Waals surface area contributed by atoms with Gasteiger partial charge in [0.25, 0.3) is 5.91 Å². The van der Waals surface area contributed by atoms with Crippen molar-refractivity contribution in [2.75, 3.05) is 7.11 Å². The van der Waals surface area contributed by atoms with E-state index < -0.39 is 34.5 Å². The third-order valence-corrected chi connectivity index (χ3v) is 6.42. The van der Waals surface area contributed by atoms with Crippen molar-refractivity contribution in [3.63, 3.8) is 0 Å². The Bertz CT molecular complexity index is 902. The number of hydrogen-bond acceptors (Lipinski definition) is 6. The minimum Gasteiger partial charge on any atom is -0.386 e. The molecule has 1 aromatic rings. The summed E-state index contributed by atoms with van der Waals surface area (Å²) >= 11 is 0. The lowest BCUT2D eigenvalue weighted by Crippen LogP contribution is -2.68. The lowest BCUT2D eigenvalue weighted by Gasteiger charge is -2.58. The quantitative estimate of drug-likeness (QED) is 0.858. The van der Waals surface area contributed by atoms with E-state index in [1.165, 1.54) is 7.11 Å². The smallest absolute Gasteiger partial charge is 0.270 e. The van der Waals surface area contributed by atoms with Gasteiger partial charge in [-0.25, -0.2) is 0 Å². The molecule has 0 aromatic heterocycles. The molecule has 7 heteroatoms. The van der Waals surface area contributed by atoms with Gasteiger partial charge in [0, 0.05) is 19.4 Å². The number of carbonyl (C=O) groups excluding carboxylic acids is 1. The van der Waals surface area contributed by atoms with Gasteiger partial charge in [0.15, 0.2) is 16.6 Å². The van der Waals surface area contributed by atoms with Crippen LogP contribution in [0.3, 0.4) is 0 Å². The molecule has 5 atom stereocenters. The molecule has 1 aliphatic carbocycles. The summed E-state index contributed by atoms with van der Waals surface area (Å²) < 4.78 is 12.3. The van der Waals surface area contributed by atoms with Gasteiger partial charge in [-0.15, -0.1) is 0 Å². The normalized spacial score (nSPS) is 40.3. The van der Waals surface area contributed by atoms with Crippen LogP contribution in [0.4, 0.5) is 0 Å². The second kappa shape index (κ2) is 5.88. The Kier molecular flexibility index (Phi) is 3.85. The fraction of sp³-hybridized carbons (Fsp3) is 0.500. The van der Waals surface area contributed by atoms with Crippen molar-refractivity contribution >= 4 is 11.7 Å². The van der Waals surface area contributed by atoms with Crippen molar-refractivity contribution in [2.24, 2.45) is 27.5 Å². The highest BCUT2D eigenvalue weighted by Gasteiger charge is 2.79. The average molecular weight is 364 g/mol. The van der Waals surface area contributed by atoms with Crippen molar-refractivity contribution in [1.82, 2.24) is 0 Å². The molecule has 1 aromatic carbocycles. The first-order valence-corrected chi connectivity index (χ1v) is 9.02. The van der Waals surface area contributed by atoms with Crippen LogP contribution in [0.1, 0.15) is 37.4 Å². The Morgan fingerprint density at radius 3 is 2.56 bits per heavy atom. The number of amides is 1. The van der Waals surface area contributed by atoms with Crippen molar-refractivity contribution in [3.8, 4) is 12.1 Å². The Labute approximate surface area is 157 Å². The van der Waals surface area contributed by atoms with Crippen LogP contribution in [0.5, 0.6) is 0 Å². The summed E-state index contributed by atoms with van der Waals surface area (Å²) in [7, 11) is 1.52. The van der Waals surface area contributed by atoms with E-state index in [9.17, 15) is 15.3 Å². The first-order valence-electron chi connectivity index (χ1n) is 9.02. The number of hydrogen-bond donors (Lipinski definition) is 1. The van der Waals surface area contributed by atoms with Gasteiger partial charge in [-0.2, -0.15) is 15.5 Å². The third kappa shape index (κ3) is 1.91. The van der Waals surface area contributed by atoms with Crippen LogP contribution in [0.25, 0.3) is 0 Å². The maximum atomic E-state index is 13.1. The number of aliphatic imine (C=N–C) groups is 1. The Morgan fingerprint density at radius 1 is 1.22 bits per heavy atom. The predicted molar refractivity (Wildman–Crippen MR) is 94.7 cm³/mol. The Morgan fingerprint density at radius 2 is 1.93 bits per heavy atom. The zero-order valence-corrected chi connectivity index (χ0v) is 15.0. The largest absolute Gasteiger partial charge is 0.386 e. The summed E-state index contributed by atoms with van der Waals surface area (Å²) in [6.45, 7) is 0. The number of rotatable bonds is 2. The summed E-state index contributed by atoms with van der Waals surface area (Å²) in [5.41, 5.74) is 3.39. The minimum absolute atomic E-state index is 0.152. The summed E-state index contributed by atoms with van der Waals surface area (Å²) in [6, 6.07) is 13.4. The highest BCUT2D eigenvalue weighted by Crippen LogP contribution is 2.67. The summed E-state index contributed by atoms with van der Waals surface area (Å²) in [4.78, 5) is 17.0. The standard InChI is InChI=1S/C20H20N4O3/c1-26-20-10-6-5-9-14(20)18(11-21)17(25)24-16(23)19(18,12-22)15(27-20)13-7-3-2-4-8-13/h2-4,7-8,14-15H,5-6,9-10H2,1H3,(H2,23,24,25)/t14-,15-,18-,19+,20+/m0/s1. The average Bonchev–Trinajstić information content (AvgIpc) is 2.95. The van der Waals surface area contributed by atoms with E-state index in [0.717, 1.165) is 12.8 Å². The van der Waals surface area contributed by atoms with Gasteiger partial charge in [0.2, 0.25) is 0 Å². The van der Waals surface area contributed by atoms with Crippen molar-refractivity contribution in [1.29, 1.82) is 10.5 Å². The fourth-order valence-corrected chi connectivity index (χ4v) is 5.17. The number of carbonyl (C=O) groups is 1.